The lowest BCUT2D eigenvalue weighted by Gasteiger charge is -2.16. The third-order valence-corrected chi connectivity index (χ3v) is 4.11. The molecule has 0 amide bonds. The first-order chi connectivity index (χ1) is 15.0. The number of hydrogen-bond donors (Lipinski definition) is 2. The number of alkyl halides is 3. The van der Waals surface area contributed by atoms with Crippen LogP contribution in [0, 0.1) is 23.0 Å². The topological polar surface area (TPSA) is 100 Å². The number of nitriles is 1. The second kappa shape index (κ2) is 10.5. The van der Waals surface area contributed by atoms with Gasteiger partial charge in [0.15, 0.2) is 0 Å². The Morgan fingerprint density at radius 1 is 1.09 bits per heavy atom. The molecule has 3 rings (SSSR count). The van der Waals surface area contributed by atoms with Crippen LogP contribution in [0.3, 0.4) is 0 Å². The Hall–Kier alpha value is -3.84. The molecule has 1 aromatic heterocycles. The third-order valence-electron chi connectivity index (χ3n) is 4.11. The Labute approximate surface area is 179 Å². The number of hydrogen-bond acceptors (Lipinski definition) is 4. The molecule has 2 aromatic carbocycles. The number of carboxylic acid groups (broad SMARTS) is 1. The summed E-state index contributed by atoms with van der Waals surface area (Å²) >= 11 is 0. The van der Waals surface area contributed by atoms with Gasteiger partial charge in [0.1, 0.15) is 11.6 Å². The number of aliphatic carboxylic acids is 1. The summed E-state index contributed by atoms with van der Waals surface area (Å²) in [4.78, 5) is 13.3. The zero-order valence-corrected chi connectivity index (χ0v) is 16.3. The Bertz CT molecular complexity index is 1120. The van der Waals surface area contributed by atoms with Crippen LogP contribution in [-0.4, -0.2) is 22.2 Å². The van der Waals surface area contributed by atoms with E-state index in [-0.39, 0.29) is 6.42 Å². The standard InChI is InChI=1S/C20H15F2N3.C2HF3O2/c21-16-8-14(9-17(22)11-16)10-19(24)20-18(5-2-6-25-20)15-4-1-3-13(7-15)12-23;3-2(4,5)1(6)7/h1-9,11,19H,10,24H2;(H,6,7). The molecular formula is C22H16F5N3O2. The van der Waals surface area contributed by atoms with Gasteiger partial charge in [-0.25, -0.2) is 13.6 Å². The minimum absolute atomic E-state index is 0.247. The Kier molecular flexibility index (Phi) is 7.98. The van der Waals surface area contributed by atoms with E-state index >= 15 is 0 Å². The first kappa shape index (κ1) is 24.4. The van der Waals surface area contributed by atoms with Crippen molar-refractivity contribution in [3.63, 3.8) is 0 Å². The van der Waals surface area contributed by atoms with Crippen LogP contribution in [0.5, 0.6) is 0 Å². The van der Waals surface area contributed by atoms with Gasteiger partial charge >= 0.3 is 12.1 Å². The third kappa shape index (κ3) is 6.85. The summed E-state index contributed by atoms with van der Waals surface area (Å²) in [6, 6.07) is 15.7. The summed E-state index contributed by atoms with van der Waals surface area (Å²) in [5, 5.41) is 16.2. The summed E-state index contributed by atoms with van der Waals surface area (Å²) in [6.07, 6.45) is -3.21. The van der Waals surface area contributed by atoms with Crippen LogP contribution >= 0.6 is 0 Å². The van der Waals surface area contributed by atoms with Crippen molar-refractivity contribution in [2.45, 2.75) is 18.6 Å². The number of nitrogens with two attached hydrogens (primary N) is 1. The molecule has 3 N–H and O–H groups in total. The van der Waals surface area contributed by atoms with Crippen molar-refractivity contribution in [1.29, 1.82) is 5.26 Å². The highest BCUT2D eigenvalue weighted by Crippen LogP contribution is 2.28. The Balaban J connectivity index is 0.000000451. The first-order valence-electron chi connectivity index (χ1n) is 8.97. The van der Waals surface area contributed by atoms with Crippen LogP contribution < -0.4 is 5.73 Å². The molecule has 0 bridgehead atoms. The molecule has 0 radical (unpaired) electrons. The summed E-state index contributed by atoms with van der Waals surface area (Å²) in [6.45, 7) is 0. The van der Waals surface area contributed by atoms with Crippen molar-refractivity contribution in [1.82, 2.24) is 4.98 Å². The van der Waals surface area contributed by atoms with E-state index in [2.05, 4.69) is 11.1 Å². The van der Waals surface area contributed by atoms with Gasteiger partial charge in [0, 0.05) is 17.8 Å². The number of halogens is 5. The van der Waals surface area contributed by atoms with Gasteiger partial charge in [-0.1, -0.05) is 18.2 Å². The molecule has 0 saturated carbocycles. The van der Waals surface area contributed by atoms with E-state index in [1.54, 1.807) is 30.5 Å². The largest absolute Gasteiger partial charge is 0.490 e. The zero-order valence-electron chi connectivity index (χ0n) is 16.3. The normalized spacial score (nSPS) is 11.7. The minimum atomic E-state index is -5.08. The molecule has 0 saturated heterocycles. The van der Waals surface area contributed by atoms with E-state index in [0.29, 0.717) is 16.8 Å². The van der Waals surface area contributed by atoms with Gasteiger partial charge in [-0.2, -0.15) is 18.4 Å². The number of carboxylic acids is 1. The average Bonchev–Trinajstić information content (AvgIpc) is 2.72. The van der Waals surface area contributed by atoms with Crippen LogP contribution in [0.1, 0.15) is 22.9 Å². The number of aromatic nitrogens is 1. The molecule has 0 aliphatic carbocycles. The van der Waals surface area contributed by atoms with E-state index in [1.165, 1.54) is 12.1 Å². The molecule has 0 fully saturated rings. The van der Waals surface area contributed by atoms with E-state index in [0.717, 1.165) is 17.2 Å². The lowest BCUT2D eigenvalue weighted by molar-refractivity contribution is -0.192. The Morgan fingerprint density at radius 2 is 1.72 bits per heavy atom. The van der Waals surface area contributed by atoms with Crippen molar-refractivity contribution in [2.24, 2.45) is 5.73 Å². The van der Waals surface area contributed by atoms with Gasteiger partial charge in [-0.3, -0.25) is 4.98 Å². The predicted octanol–water partition coefficient (Wildman–Crippen LogP) is 4.77. The quantitative estimate of drug-likeness (QED) is 0.559. The number of pyridine rings is 1. The van der Waals surface area contributed by atoms with Crippen LogP contribution in [0.2, 0.25) is 0 Å². The highest BCUT2D eigenvalue weighted by atomic mass is 19.4. The van der Waals surface area contributed by atoms with Crippen LogP contribution in [0.4, 0.5) is 22.0 Å². The molecule has 1 atom stereocenters. The van der Waals surface area contributed by atoms with E-state index < -0.39 is 29.8 Å². The molecule has 0 spiro atoms. The molecule has 3 aromatic rings. The van der Waals surface area contributed by atoms with Crippen molar-refractivity contribution < 1.29 is 31.9 Å². The lowest BCUT2D eigenvalue weighted by Crippen LogP contribution is -2.21. The molecule has 5 nitrogen and oxygen atoms in total. The monoisotopic (exact) mass is 449 g/mol. The summed E-state index contributed by atoms with van der Waals surface area (Å²) in [7, 11) is 0. The molecule has 10 heteroatoms. The SMILES string of the molecule is N#Cc1cccc(-c2cccnc2C(N)Cc2cc(F)cc(F)c2)c1.O=C(O)C(F)(F)F. The summed E-state index contributed by atoms with van der Waals surface area (Å²) in [5.41, 5.74) is 9.49. The van der Waals surface area contributed by atoms with Gasteiger partial charge in [0.2, 0.25) is 0 Å². The predicted molar refractivity (Wildman–Crippen MR) is 105 cm³/mol. The lowest BCUT2D eigenvalue weighted by atomic mass is 9.95. The maximum atomic E-state index is 13.4. The molecule has 0 aliphatic heterocycles. The number of carbonyl (C=O) groups is 1. The molecule has 1 heterocycles. The molecular weight excluding hydrogens is 433 g/mol. The van der Waals surface area contributed by atoms with Crippen LogP contribution in [0.15, 0.2) is 60.8 Å². The number of benzene rings is 2. The van der Waals surface area contributed by atoms with Crippen molar-refractivity contribution in [3.8, 4) is 17.2 Å². The molecule has 32 heavy (non-hydrogen) atoms. The van der Waals surface area contributed by atoms with E-state index in [4.69, 9.17) is 20.9 Å². The second-order valence-electron chi connectivity index (χ2n) is 6.52. The van der Waals surface area contributed by atoms with Gasteiger partial charge < -0.3 is 10.8 Å². The van der Waals surface area contributed by atoms with Crippen molar-refractivity contribution in [3.05, 3.63) is 89.2 Å². The van der Waals surface area contributed by atoms with Gasteiger partial charge in [-0.05, 0) is 47.9 Å². The summed E-state index contributed by atoms with van der Waals surface area (Å²) in [5.74, 6) is -4.03. The zero-order chi connectivity index (χ0) is 23.9. The highest BCUT2D eigenvalue weighted by Gasteiger charge is 2.38. The van der Waals surface area contributed by atoms with Crippen molar-refractivity contribution in [2.75, 3.05) is 0 Å². The molecule has 166 valence electrons. The van der Waals surface area contributed by atoms with Gasteiger partial charge in [-0.15, -0.1) is 0 Å². The number of rotatable bonds is 4. The van der Waals surface area contributed by atoms with E-state index in [1.807, 2.05) is 12.1 Å². The van der Waals surface area contributed by atoms with Crippen LogP contribution in [-0.2, 0) is 11.2 Å². The maximum absolute atomic E-state index is 13.4. The van der Waals surface area contributed by atoms with Gasteiger partial charge in [0.25, 0.3) is 0 Å². The first-order valence-corrected chi connectivity index (χ1v) is 8.97. The highest BCUT2D eigenvalue weighted by molar-refractivity contribution is 5.73. The minimum Gasteiger partial charge on any atom is -0.475 e. The fraction of sp³-hybridized carbons (Fsp3) is 0.136. The molecule has 1 unspecified atom stereocenters. The fourth-order valence-corrected chi connectivity index (χ4v) is 2.79. The average molecular weight is 449 g/mol. The maximum Gasteiger partial charge on any atom is 0.490 e. The van der Waals surface area contributed by atoms with Gasteiger partial charge in [0.05, 0.1) is 23.4 Å². The van der Waals surface area contributed by atoms with Crippen LogP contribution in [0.25, 0.3) is 11.1 Å². The fourth-order valence-electron chi connectivity index (χ4n) is 2.79. The smallest absolute Gasteiger partial charge is 0.475 e. The Morgan fingerprint density at radius 3 is 2.28 bits per heavy atom. The van der Waals surface area contributed by atoms with Crippen molar-refractivity contribution >= 4 is 5.97 Å². The summed E-state index contributed by atoms with van der Waals surface area (Å²) < 4.78 is 58.5. The molecule has 0 aliphatic rings. The second-order valence-corrected chi connectivity index (χ2v) is 6.52. The number of nitrogens with zero attached hydrogens (tertiary/aromatic N) is 2. The van der Waals surface area contributed by atoms with E-state index in [9.17, 15) is 22.0 Å².